The van der Waals surface area contributed by atoms with Crippen LogP contribution in [0.15, 0.2) is 48.5 Å². The van der Waals surface area contributed by atoms with E-state index in [0.29, 0.717) is 23.7 Å². The number of para-hydroxylation sites is 3. The van der Waals surface area contributed by atoms with Gasteiger partial charge in [0.1, 0.15) is 11.6 Å². The first kappa shape index (κ1) is 13.4. The number of benzene rings is 2. The van der Waals surface area contributed by atoms with Crippen LogP contribution in [0.1, 0.15) is 23.1 Å². The summed E-state index contributed by atoms with van der Waals surface area (Å²) < 4.78 is 7.19. The second kappa shape index (κ2) is 5.40. The molecule has 0 fully saturated rings. The number of carbonyl (C=O) groups is 1. The fourth-order valence-electron chi connectivity index (χ4n) is 2.45. The Morgan fingerprint density at radius 2 is 1.86 bits per heavy atom. The van der Waals surface area contributed by atoms with Gasteiger partial charge in [0.25, 0.3) is 5.91 Å². The molecule has 1 heterocycles. The molecule has 0 aliphatic heterocycles. The molecule has 21 heavy (non-hydrogen) atoms. The molecule has 106 valence electrons. The Morgan fingerprint density at radius 1 is 1.14 bits per heavy atom. The molecule has 0 spiro atoms. The third-order valence-electron chi connectivity index (χ3n) is 3.35. The normalized spacial score (nSPS) is 10.8. The summed E-state index contributed by atoms with van der Waals surface area (Å²) in [5, 5.41) is 0. The average Bonchev–Trinajstić information content (AvgIpc) is 2.83. The lowest BCUT2D eigenvalue weighted by Gasteiger charge is -2.10. The van der Waals surface area contributed by atoms with Crippen molar-refractivity contribution in [3.63, 3.8) is 0 Å². The van der Waals surface area contributed by atoms with E-state index < -0.39 is 0 Å². The van der Waals surface area contributed by atoms with Gasteiger partial charge in [-0.1, -0.05) is 24.3 Å². The minimum Gasteiger partial charge on any atom is -0.493 e. The minimum atomic E-state index is -0.120. The van der Waals surface area contributed by atoms with Crippen molar-refractivity contribution >= 4 is 16.9 Å². The smallest absolute Gasteiger partial charge is 0.267 e. The molecule has 4 heteroatoms. The van der Waals surface area contributed by atoms with Crippen LogP contribution in [0.5, 0.6) is 5.75 Å². The van der Waals surface area contributed by atoms with Crippen molar-refractivity contribution in [1.29, 1.82) is 0 Å². The number of hydrogen-bond donors (Lipinski definition) is 0. The second-order valence-electron chi connectivity index (χ2n) is 4.72. The number of aryl methyl sites for hydroxylation is 1. The van der Waals surface area contributed by atoms with Crippen molar-refractivity contribution in [2.75, 3.05) is 6.61 Å². The molecule has 0 bridgehead atoms. The Morgan fingerprint density at radius 3 is 2.67 bits per heavy atom. The molecule has 0 aliphatic carbocycles. The average molecular weight is 280 g/mol. The van der Waals surface area contributed by atoms with Crippen LogP contribution in [0.25, 0.3) is 11.0 Å². The van der Waals surface area contributed by atoms with Crippen molar-refractivity contribution in [1.82, 2.24) is 9.55 Å². The quantitative estimate of drug-likeness (QED) is 0.738. The molecule has 4 nitrogen and oxygen atoms in total. The summed E-state index contributed by atoms with van der Waals surface area (Å²) in [6.07, 6.45) is 0. The number of hydrogen-bond acceptors (Lipinski definition) is 3. The van der Waals surface area contributed by atoms with E-state index in [-0.39, 0.29) is 5.91 Å². The van der Waals surface area contributed by atoms with E-state index in [1.165, 1.54) is 0 Å². The maximum Gasteiger partial charge on any atom is 0.267 e. The zero-order valence-corrected chi connectivity index (χ0v) is 12.0. The molecule has 3 rings (SSSR count). The fourth-order valence-corrected chi connectivity index (χ4v) is 2.45. The number of nitrogens with zero attached hydrogens (tertiary/aromatic N) is 2. The zero-order chi connectivity index (χ0) is 14.8. The zero-order valence-electron chi connectivity index (χ0n) is 12.0. The van der Waals surface area contributed by atoms with Gasteiger partial charge < -0.3 is 4.74 Å². The van der Waals surface area contributed by atoms with Gasteiger partial charge in [-0.05, 0) is 38.1 Å². The minimum absolute atomic E-state index is 0.120. The van der Waals surface area contributed by atoms with Crippen LogP contribution in [-0.2, 0) is 0 Å². The van der Waals surface area contributed by atoms with Gasteiger partial charge in [0, 0.05) is 0 Å². The summed E-state index contributed by atoms with van der Waals surface area (Å²) in [5.74, 6) is 1.15. The lowest BCUT2D eigenvalue weighted by Crippen LogP contribution is -2.15. The molecule has 0 radical (unpaired) electrons. The summed E-state index contributed by atoms with van der Waals surface area (Å²) in [6, 6.07) is 14.9. The van der Waals surface area contributed by atoms with E-state index in [2.05, 4.69) is 4.98 Å². The Labute approximate surface area is 123 Å². The molecule has 0 unspecified atom stereocenters. The molecule has 0 saturated heterocycles. The van der Waals surface area contributed by atoms with E-state index in [1.807, 2.05) is 56.3 Å². The van der Waals surface area contributed by atoms with E-state index in [9.17, 15) is 4.79 Å². The fraction of sp³-hybridized carbons (Fsp3) is 0.176. The van der Waals surface area contributed by atoms with Crippen LogP contribution in [0, 0.1) is 6.92 Å². The van der Waals surface area contributed by atoms with Gasteiger partial charge in [0.15, 0.2) is 0 Å². The number of ether oxygens (including phenoxy) is 1. The van der Waals surface area contributed by atoms with Crippen molar-refractivity contribution in [2.45, 2.75) is 13.8 Å². The number of rotatable bonds is 3. The molecule has 3 aromatic rings. The highest BCUT2D eigenvalue weighted by atomic mass is 16.5. The van der Waals surface area contributed by atoms with Gasteiger partial charge in [0.2, 0.25) is 0 Å². The van der Waals surface area contributed by atoms with Gasteiger partial charge in [-0.25, -0.2) is 4.98 Å². The summed E-state index contributed by atoms with van der Waals surface area (Å²) >= 11 is 0. The largest absolute Gasteiger partial charge is 0.493 e. The number of carbonyl (C=O) groups excluding carboxylic acids is 1. The van der Waals surface area contributed by atoms with Gasteiger partial charge in [-0.2, -0.15) is 0 Å². The van der Waals surface area contributed by atoms with Gasteiger partial charge in [-0.15, -0.1) is 0 Å². The summed E-state index contributed by atoms with van der Waals surface area (Å²) in [7, 11) is 0. The van der Waals surface area contributed by atoms with Crippen LogP contribution >= 0.6 is 0 Å². The number of fused-ring (bicyclic) bond motifs is 1. The second-order valence-corrected chi connectivity index (χ2v) is 4.72. The number of imidazole rings is 1. The molecule has 0 saturated carbocycles. The van der Waals surface area contributed by atoms with Crippen LogP contribution in [0.4, 0.5) is 0 Å². The van der Waals surface area contributed by atoms with Gasteiger partial charge >= 0.3 is 0 Å². The first-order valence-corrected chi connectivity index (χ1v) is 6.93. The summed E-state index contributed by atoms with van der Waals surface area (Å²) in [4.78, 5) is 17.3. The van der Waals surface area contributed by atoms with Gasteiger partial charge in [-0.3, -0.25) is 9.36 Å². The highest BCUT2D eigenvalue weighted by molar-refractivity contribution is 6.03. The molecule has 0 atom stereocenters. The van der Waals surface area contributed by atoms with E-state index in [1.54, 1.807) is 10.6 Å². The summed E-state index contributed by atoms with van der Waals surface area (Å²) in [6.45, 7) is 4.26. The highest BCUT2D eigenvalue weighted by Gasteiger charge is 2.18. The lowest BCUT2D eigenvalue weighted by atomic mass is 10.2. The Kier molecular flexibility index (Phi) is 3.44. The van der Waals surface area contributed by atoms with Crippen LogP contribution in [-0.4, -0.2) is 22.1 Å². The Bertz CT molecular complexity index is 805. The molecular formula is C17H16N2O2. The van der Waals surface area contributed by atoms with Crippen molar-refractivity contribution in [2.24, 2.45) is 0 Å². The standard InChI is InChI=1S/C17H16N2O2/c1-3-21-16-11-7-4-8-13(16)17(20)19-12(2)18-14-9-5-6-10-15(14)19/h4-11H,3H2,1-2H3. The van der Waals surface area contributed by atoms with Crippen LogP contribution < -0.4 is 4.74 Å². The third-order valence-corrected chi connectivity index (χ3v) is 3.35. The van der Waals surface area contributed by atoms with Crippen LogP contribution in [0.2, 0.25) is 0 Å². The molecule has 1 aromatic heterocycles. The van der Waals surface area contributed by atoms with E-state index in [4.69, 9.17) is 4.74 Å². The first-order chi connectivity index (χ1) is 10.2. The Balaban J connectivity index is 2.15. The lowest BCUT2D eigenvalue weighted by molar-refractivity contribution is 0.0958. The number of aromatic nitrogens is 2. The first-order valence-electron chi connectivity index (χ1n) is 6.93. The monoisotopic (exact) mass is 280 g/mol. The Hall–Kier alpha value is -2.62. The molecule has 0 N–H and O–H groups in total. The molecule has 0 aliphatic rings. The maximum absolute atomic E-state index is 12.9. The molecular weight excluding hydrogens is 264 g/mol. The maximum atomic E-state index is 12.9. The van der Waals surface area contributed by atoms with Crippen molar-refractivity contribution in [3.05, 3.63) is 59.9 Å². The molecule has 0 amide bonds. The van der Waals surface area contributed by atoms with Crippen molar-refractivity contribution in [3.8, 4) is 5.75 Å². The van der Waals surface area contributed by atoms with E-state index in [0.717, 1.165) is 11.0 Å². The summed E-state index contributed by atoms with van der Waals surface area (Å²) in [5.41, 5.74) is 2.18. The third kappa shape index (κ3) is 2.29. The topological polar surface area (TPSA) is 44.1 Å². The SMILES string of the molecule is CCOc1ccccc1C(=O)n1c(C)nc2ccccc21. The predicted octanol–water partition coefficient (Wildman–Crippen LogP) is 3.43. The van der Waals surface area contributed by atoms with Gasteiger partial charge in [0.05, 0.1) is 23.2 Å². The highest BCUT2D eigenvalue weighted by Crippen LogP contribution is 2.23. The van der Waals surface area contributed by atoms with Crippen LogP contribution in [0.3, 0.4) is 0 Å². The predicted molar refractivity (Wildman–Crippen MR) is 81.8 cm³/mol. The molecule has 2 aromatic carbocycles. The van der Waals surface area contributed by atoms with Crippen molar-refractivity contribution < 1.29 is 9.53 Å². The van der Waals surface area contributed by atoms with E-state index >= 15 is 0 Å².